The summed E-state index contributed by atoms with van der Waals surface area (Å²) in [6, 6.07) is 0. The fourth-order valence-corrected chi connectivity index (χ4v) is 4.12. The standard InChI is InChI=1S/C11H16N2O5S/c1-18-9-6-12-13(10(9)11(14)15)7-8-4-2-3-5-19(8,16)17/h6,8H,2-5,7H2,1H3,(H,14,15). The molecule has 19 heavy (non-hydrogen) atoms. The Hall–Kier alpha value is -1.57. The van der Waals surface area contributed by atoms with E-state index in [4.69, 9.17) is 9.84 Å². The topological polar surface area (TPSA) is 98.5 Å². The summed E-state index contributed by atoms with van der Waals surface area (Å²) in [7, 11) is -1.80. The molecule has 1 aromatic heterocycles. The van der Waals surface area contributed by atoms with Crippen LogP contribution in [0.3, 0.4) is 0 Å². The van der Waals surface area contributed by atoms with E-state index in [9.17, 15) is 13.2 Å². The Labute approximate surface area is 111 Å². The van der Waals surface area contributed by atoms with Gasteiger partial charge in [-0.2, -0.15) is 5.10 Å². The Morgan fingerprint density at radius 3 is 2.89 bits per heavy atom. The normalized spacial score (nSPS) is 22.1. The zero-order valence-corrected chi connectivity index (χ0v) is 11.4. The minimum Gasteiger partial charge on any atom is -0.493 e. The Balaban J connectivity index is 2.28. The van der Waals surface area contributed by atoms with Crippen LogP contribution < -0.4 is 4.74 Å². The van der Waals surface area contributed by atoms with Gasteiger partial charge in [-0.3, -0.25) is 4.68 Å². The quantitative estimate of drug-likeness (QED) is 0.869. The molecule has 0 spiro atoms. The number of methoxy groups -OCH3 is 1. The number of aromatic nitrogens is 2. The lowest BCUT2D eigenvalue weighted by atomic mass is 10.2. The van der Waals surface area contributed by atoms with Gasteiger partial charge < -0.3 is 9.84 Å². The minimum absolute atomic E-state index is 0.0628. The molecule has 0 bridgehead atoms. The molecule has 1 fully saturated rings. The Kier molecular flexibility index (Phi) is 3.79. The Morgan fingerprint density at radius 1 is 1.58 bits per heavy atom. The van der Waals surface area contributed by atoms with Gasteiger partial charge in [0.2, 0.25) is 0 Å². The lowest BCUT2D eigenvalue weighted by molar-refractivity contribution is 0.0679. The highest BCUT2D eigenvalue weighted by Crippen LogP contribution is 2.24. The third kappa shape index (κ3) is 2.73. The summed E-state index contributed by atoms with van der Waals surface area (Å²) in [5.41, 5.74) is -0.108. The van der Waals surface area contributed by atoms with E-state index >= 15 is 0 Å². The monoisotopic (exact) mass is 288 g/mol. The fraction of sp³-hybridized carbons (Fsp3) is 0.636. The molecular weight excluding hydrogens is 272 g/mol. The van der Waals surface area contributed by atoms with Gasteiger partial charge in [0.25, 0.3) is 0 Å². The van der Waals surface area contributed by atoms with Crippen molar-refractivity contribution in [2.75, 3.05) is 12.9 Å². The zero-order chi connectivity index (χ0) is 14.0. The molecule has 2 heterocycles. The molecule has 8 heteroatoms. The Morgan fingerprint density at radius 2 is 2.32 bits per heavy atom. The summed E-state index contributed by atoms with van der Waals surface area (Å²) in [6.45, 7) is 0.0628. The highest BCUT2D eigenvalue weighted by Gasteiger charge is 2.31. The molecule has 1 aliphatic rings. The number of rotatable bonds is 4. The molecule has 0 aliphatic carbocycles. The van der Waals surface area contributed by atoms with Gasteiger partial charge in [0.1, 0.15) is 0 Å². The molecule has 2 rings (SSSR count). The number of hydrogen-bond acceptors (Lipinski definition) is 5. The summed E-state index contributed by atoms with van der Waals surface area (Å²) < 4.78 is 30.0. The third-order valence-corrected chi connectivity index (χ3v) is 5.58. The molecule has 1 N–H and O–H groups in total. The van der Waals surface area contributed by atoms with Crippen molar-refractivity contribution in [3.63, 3.8) is 0 Å². The molecule has 1 atom stereocenters. The largest absolute Gasteiger partial charge is 0.493 e. The van der Waals surface area contributed by atoms with Crippen LogP contribution in [0.4, 0.5) is 0 Å². The van der Waals surface area contributed by atoms with E-state index in [1.807, 2.05) is 0 Å². The van der Waals surface area contributed by atoms with Gasteiger partial charge in [0, 0.05) is 0 Å². The number of carboxylic acid groups (broad SMARTS) is 1. The molecule has 0 radical (unpaired) electrons. The summed E-state index contributed by atoms with van der Waals surface area (Å²) in [6.07, 6.45) is 3.35. The van der Waals surface area contributed by atoms with Crippen molar-refractivity contribution in [3.05, 3.63) is 11.9 Å². The predicted molar refractivity (Wildman–Crippen MR) is 67.2 cm³/mol. The van der Waals surface area contributed by atoms with Crippen molar-refractivity contribution in [1.29, 1.82) is 0 Å². The van der Waals surface area contributed by atoms with Gasteiger partial charge in [-0.1, -0.05) is 6.42 Å². The highest BCUT2D eigenvalue weighted by molar-refractivity contribution is 7.92. The molecule has 1 unspecified atom stereocenters. The second-order valence-corrected chi connectivity index (χ2v) is 6.93. The SMILES string of the molecule is COc1cnn(CC2CCCCS2(=O)=O)c1C(=O)O. The number of hydrogen-bond donors (Lipinski definition) is 1. The maximum atomic E-state index is 11.9. The van der Waals surface area contributed by atoms with E-state index in [0.717, 1.165) is 6.42 Å². The first-order valence-corrected chi connectivity index (χ1v) is 7.72. The van der Waals surface area contributed by atoms with Gasteiger partial charge in [-0.15, -0.1) is 0 Å². The molecule has 0 aromatic carbocycles. The van der Waals surface area contributed by atoms with Crippen LogP contribution in [0, 0.1) is 0 Å². The fourth-order valence-electron chi connectivity index (χ4n) is 2.29. The molecule has 1 aromatic rings. The van der Waals surface area contributed by atoms with E-state index < -0.39 is 21.1 Å². The summed E-state index contributed by atoms with van der Waals surface area (Å²) in [4.78, 5) is 11.2. The lowest BCUT2D eigenvalue weighted by Gasteiger charge is -2.22. The first-order valence-electron chi connectivity index (χ1n) is 6.00. The van der Waals surface area contributed by atoms with Crippen LogP contribution in [-0.4, -0.2) is 47.4 Å². The second-order valence-electron chi connectivity index (χ2n) is 4.53. The van der Waals surface area contributed by atoms with Crippen LogP contribution in [0.15, 0.2) is 6.20 Å². The summed E-state index contributed by atoms with van der Waals surface area (Å²) in [5, 5.41) is 12.5. The van der Waals surface area contributed by atoms with E-state index in [-0.39, 0.29) is 23.7 Å². The molecule has 0 amide bonds. The average molecular weight is 288 g/mol. The first-order chi connectivity index (χ1) is 8.95. The van der Waals surface area contributed by atoms with Gasteiger partial charge in [0.15, 0.2) is 21.3 Å². The molecule has 0 saturated carbocycles. The minimum atomic E-state index is -3.16. The maximum Gasteiger partial charge on any atom is 0.358 e. The van der Waals surface area contributed by atoms with Gasteiger partial charge in [0.05, 0.1) is 30.9 Å². The van der Waals surface area contributed by atoms with Crippen LogP contribution in [-0.2, 0) is 16.4 Å². The molecule has 7 nitrogen and oxygen atoms in total. The van der Waals surface area contributed by atoms with Crippen LogP contribution in [0.5, 0.6) is 5.75 Å². The Bertz CT molecular complexity index is 578. The smallest absolute Gasteiger partial charge is 0.358 e. The number of nitrogens with zero attached hydrogens (tertiary/aromatic N) is 2. The molecule has 1 aliphatic heterocycles. The van der Waals surface area contributed by atoms with Crippen molar-refractivity contribution in [1.82, 2.24) is 9.78 Å². The second kappa shape index (κ2) is 5.20. The van der Waals surface area contributed by atoms with Crippen molar-refractivity contribution < 1.29 is 23.1 Å². The number of aromatic carboxylic acids is 1. The van der Waals surface area contributed by atoms with E-state index in [1.165, 1.54) is 18.0 Å². The van der Waals surface area contributed by atoms with Crippen LogP contribution >= 0.6 is 0 Å². The number of carbonyl (C=O) groups is 1. The number of carboxylic acids is 1. The zero-order valence-electron chi connectivity index (χ0n) is 10.6. The molecule has 1 saturated heterocycles. The van der Waals surface area contributed by atoms with Crippen molar-refractivity contribution in [3.8, 4) is 5.75 Å². The van der Waals surface area contributed by atoms with E-state index in [0.29, 0.717) is 12.8 Å². The first kappa shape index (κ1) is 13.9. The van der Waals surface area contributed by atoms with Crippen molar-refractivity contribution >= 4 is 15.8 Å². The van der Waals surface area contributed by atoms with Crippen LogP contribution in [0.1, 0.15) is 29.8 Å². The summed E-state index contributed by atoms with van der Waals surface area (Å²) in [5.74, 6) is -0.873. The average Bonchev–Trinajstić information content (AvgIpc) is 2.74. The van der Waals surface area contributed by atoms with Crippen LogP contribution in [0.25, 0.3) is 0 Å². The number of ether oxygens (including phenoxy) is 1. The van der Waals surface area contributed by atoms with Crippen molar-refractivity contribution in [2.24, 2.45) is 0 Å². The highest BCUT2D eigenvalue weighted by atomic mass is 32.2. The van der Waals surface area contributed by atoms with Crippen LogP contribution in [0.2, 0.25) is 0 Å². The third-order valence-electron chi connectivity index (χ3n) is 3.32. The van der Waals surface area contributed by atoms with Gasteiger partial charge >= 0.3 is 5.97 Å². The molecule has 106 valence electrons. The van der Waals surface area contributed by atoms with E-state index in [2.05, 4.69) is 5.10 Å². The predicted octanol–water partition coefficient (Wildman–Crippen LogP) is 0.557. The van der Waals surface area contributed by atoms with Gasteiger partial charge in [-0.05, 0) is 12.8 Å². The van der Waals surface area contributed by atoms with Crippen molar-refractivity contribution in [2.45, 2.75) is 31.1 Å². The maximum absolute atomic E-state index is 11.9. The summed E-state index contributed by atoms with van der Waals surface area (Å²) >= 11 is 0. The number of sulfone groups is 1. The molecular formula is C11H16N2O5S. The lowest BCUT2D eigenvalue weighted by Crippen LogP contribution is -2.33. The van der Waals surface area contributed by atoms with E-state index in [1.54, 1.807) is 0 Å². The van der Waals surface area contributed by atoms with Gasteiger partial charge in [-0.25, -0.2) is 13.2 Å².